The highest BCUT2D eigenvalue weighted by Crippen LogP contribution is 2.19. The summed E-state index contributed by atoms with van der Waals surface area (Å²) >= 11 is 0. The van der Waals surface area contributed by atoms with Crippen LogP contribution in [0.5, 0.6) is 5.75 Å². The summed E-state index contributed by atoms with van der Waals surface area (Å²) in [4.78, 5) is 17.0. The number of methoxy groups -OCH3 is 1. The number of H-pyrrole nitrogens is 1. The van der Waals surface area contributed by atoms with Crippen LogP contribution in [0.4, 0.5) is 0 Å². The van der Waals surface area contributed by atoms with Gasteiger partial charge in [0.2, 0.25) is 5.58 Å². The van der Waals surface area contributed by atoms with Gasteiger partial charge in [-0.1, -0.05) is 0 Å². The normalized spacial score (nSPS) is 10.4. The number of aromatic nitrogens is 2. The first-order valence-electron chi connectivity index (χ1n) is 3.33. The third kappa shape index (κ3) is 0.868. The van der Waals surface area contributed by atoms with Crippen molar-refractivity contribution in [3.8, 4) is 5.75 Å². The van der Waals surface area contributed by atoms with Crippen molar-refractivity contribution in [1.82, 2.24) is 9.97 Å². The maximum Gasteiger partial charge on any atom is 0.418 e. The fourth-order valence-electron chi connectivity index (χ4n) is 0.994. The maximum absolute atomic E-state index is 10.7. The molecule has 5 heteroatoms. The zero-order valence-corrected chi connectivity index (χ0v) is 6.33. The van der Waals surface area contributed by atoms with Gasteiger partial charge in [-0.05, 0) is 0 Å². The molecule has 1 N–H and O–H groups in total. The van der Waals surface area contributed by atoms with E-state index in [2.05, 4.69) is 9.97 Å². The lowest BCUT2D eigenvalue weighted by Crippen LogP contribution is -1.93. The molecule has 0 aromatic carbocycles. The topological polar surface area (TPSA) is 68.1 Å². The smallest absolute Gasteiger partial charge is 0.418 e. The zero-order chi connectivity index (χ0) is 8.55. The summed E-state index contributed by atoms with van der Waals surface area (Å²) in [6.45, 7) is 0. The van der Waals surface area contributed by atoms with Gasteiger partial charge >= 0.3 is 5.76 Å². The molecule has 0 radical (unpaired) electrons. The second kappa shape index (κ2) is 2.37. The minimum absolute atomic E-state index is 0.352. The van der Waals surface area contributed by atoms with Crippen LogP contribution >= 0.6 is 0 Å². The van der Waals surface area contributed by atoms with Crippen molar-refractivity contribution in [3.63, 3.8) is 0 Å². The number of fused-ring (bicyclic) bond motifs is 1. The SMILES string of the molecule is COc1ccnc2[nH]c(=O)oc12. The van der Waals surface area contributed by atoms with E-state index in [-0.39, 0.29) is 0 Å². The largest absolute Gasteiger partial charge is 0.493 e. The fourth-order valence-corrected chi connectivity index (χ4v) is 0.994. The van der Waals surface area contributed by atoms with Crippen LogP contribution in [0, 0.1) is 0 Å². The van der Waals surface area contributed by atoms with Gasteiger partial charge in [-0.25, -0.2) is 9.78 Å². The van der Waals surface area contributed by atoms with Crippen LogP contribution in [0.3, 0.4) is 0 Å². The Balaban J connectivity index is 2.87. The maximum atomic E-state index is 10.7. The summed E-state index contributed by atoms with van der Waals surface area (Å²) < 4.78 is 9.74. The second-order valence-electron chi connectivity index (χ2n) is 2.21. The summed E-state index contributed by atoms with van der Waals surface area (Å²) in [7, 11) is 1.50. The average Bonchev–Trinajstić information content (AvgIpc) is 2.44. The Morgan fingerprint density at radius 2 is 2.50 bits per heavy atom. The summed E-state index contributed by atoms with van der Waals surface area (Å²) in [5.41, 5.74) is 0.754. The minimum Gasteiger partial charge on any atom is -0.493 e. The number of aromatic amines is 1. The zero-order valence-electron chi connectivity index (χ0n) is 6.33. The molecule has 0 bridgehead atoms. The molecule has 2 aromatic heterocycles. The van der Waals surface area contributed by atoms with Gasteiger partial charge in [-0.3, -0.25) is 4.98 Å². The molecule has 0 unspecified atom stereocenters. The average molecular weight is 166 g/mol. The van der Waals surface area contributed by atoms with E-state index in [1.54, 1.807) is 6.07 Å². The quantitative estimate of drug-likeness (QED) is 0.670. The molecule has 62 valence electrons. The van der Waals surface area contributed by atoms with Crippen LogP contribution in [-0.4, -0.2) is 17.1 Å². The van der Waals surface area contributed by atoms with E-state index in [0.29, 0.717) is 17.0 Å². The van der Waals surface area contributed by atoms with Gasteiger partial charge in [0.05, 0.1) is 7.11 Å². The third-order valence-electron chi connectivity index (χ3n) is 1.50. The van der Waals surface area contributed by atoms with Crippen molar-refractivity contribution >= 4 is 11.2 Å². The Morgan fingerprint density at radius 1 is 1.67 bits per heavy atom. The molecule has 0 aliphatic carbocycles. The molecule has 0 saturated carbocycles. The molecule has 2 aromatic rings. The van der Waals surface area contributed by atoms with E-state index in [1.807, 2.05) is 0 Å². The van der Waals surface area contributed by atoms with Crippen LogP contribution in [0.25, 0.3) is 11.2 Å². The first kappa shape index (κ1) is 6.90. The van der Waals surface area contributed by atoms with Crippen molar-refractivity contribution in [2.45, 2.75) is 0 Å². The molecule has 0 aliphatic rings. The van der Waals surface area contributed by atoms with Crippen molar-refractivity contribution < 1.29 is 9.15 Å². The number of ether oxygens (including phenoxy) is 1. The van der Waals surface area contributed by atoms with Gasteiger partial charge in [0.1, 0.15) is 0 Å². The number of nitrogens with zero attached hydrogens (tertiary/aromatic N) is 1. The van der Waals surface area contributed by atoms with Gasteiger partial charge in [-0.2, -0.15) is 0 Å². The third-order valence-corrected chi connectivity index (χ3v) is 1.50. The summed E-state index contributed by atoms with van der Waals surface area (Å²) in [6.07, 6.45) is 1.53. The standard InChI is InChI=1S/C7H6N2O3/c1-11-4-2-3-8-6-5(4)12-7(10)9-6/h2-3H,1H3,(H,8,9,10). The minimum atomic E-state index is -0.526. The van der Waals surface area contributed by atoms with Gasteiger partial charge in [0, 0.05) is 12.3 Å². The van der Waals surface area contributed by atoms with Gasteiger partial charge in [-0.15, -0.1) is 0 Å². The summed E-state index contributed by atoms with van der Waals surface area (Å²) in [6, 6.07) is 1.62. The van der Waals surface area contributed by atoms with Gasteiger partial charge in [0.15, 0.2) is 11.4 Å². The van der Waals surface area contributed by atoms with E-state index in [0.717, 1.165) is 0 Å². The lowest BCUT2D eigenvalue weighted by molar-refractivity contribution is 0.407. The predicted octanol–water partition coefficient (Wildman–Crippen LogP) is 0.525. The van der Waals surface area contributed by atoms with E-state index in [4.69, 9.17) is 9.15 Å². The highest BCUT2D eigenvalue weighted by Gasteiger charge is 2.06. The van der Waals surface area contributed by atoms with E-state index in [9.17, 15) is 4.79 Å². The van der Waals surface area contributed by atoms with Gasteiger partial charge in [0.25, 0.3) is 0 Å². The molecule has 12 heavy (non-hydrogen) atoms. The monoisotopic (exact) mass is 166 g/mol. The number of rotatable bonds is 1. The number of hydrogen-bond acceptors (Lipinski definition) is 4. The molecule has 5 nitrogen and oxygen atoms in total. The second-order valence-corrected chi connectivity index (χ2v) is 2.21. The van der Waals surface area contributed by atoms with E-state index >= 15 is 0 Å². The van der Waals surface area contributed by atoms with E-state index in [1.165, 1.54) is 13.3 Å². The molecule has 0 saturated heterocycles. The number of pyridine rings is 1. The Hall–Kier alpha value is -1.78. The molecule has 0 amide bonds. The Bertz CT molecular complexity index is 457. The molecule has 0 aliphatic heterocycles. The summed E-state index contributed by atoms with van der Waals surface area (Å²) in [5, 5.41) is 0. The van der Waals surface area contributed by atoms with Crippen molar-refractivity contribution in [2.75, 3.05) is 7.11 Å². The molecule has 0 fully saturated rings. The van der Waals surface area contributed by atoms with Gasteiger partial charge < -0.3 is 9.15 Å². The number of hydrogen-bond donors (Lipinski definition) is 1. The molecular weight excluding hydrogens is 160 g/mol. The Kier molecular flexibility index (Phi) is 1.36. The molecule has 0 spiro atoms. The summed E-state index contributed by atoms with van der Waals surface area (Å²) in [5.74, 6) is -0.0275. The molecular formula is C7H6N2O3. The lowest BCUT2D eigenvalue weighted by atomic mass is 10.4. The highest BCUT2D eigenvalue weighted by molar-refractivity contribution is 5.74. The van der Waals surface area contributed by atoms with Crippen molar-refractivity contribution in [2.24, 2.45) is 0 Å². The van der Waals surface area contributed by atoms with Crippen LogP contribution in [-0.2, 0) is 0 Å². The van der Waals surface area contributed by atoms with Crippen LogP contribution in [0.15, 0.2) is 21.5 Å². The van der Waals surface area contributed by atoms with Crippen molar-refractivity contribution in [1.29, 1.82) is 0 Å². The number of nitrogens with one attached hydrogen (secondary N) is 1. The van der Waals surface area contributed by atoms with Crippen LogP contribution in [0.1, 0.15) is 0 Å². The molecule has 2 rings (SSSR count). The molecule has 2 heterocycles. The first-order valence-corrected chi connectivity index (χ1v) is 3.33. The first-order chi connectivity index (χ1) is 5.81. The van der Waals surface area contributed by atoms with Crippen LogP contribution < -0.4 is 10.5 Å². The molecule has 0 atom stereocenters. The van der Waals surface area contributed by atoms with Crippen LogP contribution in [0.2, 0.25) is 0 Å². The Labute approximate surface area is 67.0 Å². The predicted molar refractivity (Wildman–Crippen MR) is 41.2 cm³/mol. The lowest BCUT2D eigenvalue weighted by Gasteiger charge is -1.96. The fraction of sp³-hybridized carbons (Fsp3) is 0.143. The van der Waals surface area contributed by atoms with E-state index < -0.39 is 5.76 Å². The number of oxazole rings is 1. The highest BCUT2D eigenvalue weighted by atomic mass is 16.5. The Morgan fingerprint density at radius 3 is 3.25 bits per heavy atom. The van der Waals surface area contributed by atoms with Crippen molar-refractivity contribution in [3.05, 3.63) is 22.8 Å².